The lowest BCUT2D eigenvalue weighted by Crippen LogP contribution is -2.42. The van der Waals surface area contributed by atoms with Crippen molar-refractivity contribution in [2.45, 2.75) is 25.3 Å². The average Bonchev–Trinajstić information content (AvgIpc) is 2.54. The summed E-state index contributed by atoms with van der Waals surface area (Å²) in [6.07, 6.45) is 1.15. The van der Waals surface area contributed by atoms with Gasteiger partial charge in [-0.1, -0.05) is 0 Å². The van der Waals surface area contributed by atoms with Gasteiger partial charge in [0.1, 0.15) is 5.82 Å². The molecule has 0 radical (unpaired) electrons. The predicted molar refractivity (Wildman–Crippen MR) is 63.6 cm³/mol. The number of rotatable bonds is 0. The molecule has 3 heteroatoms. The molecule has 1 N–H and O–H groups in total. The maximum Gasteiger partial charge on any atom is 0.123 e. The molecule has 1 fully saturated rings. The highest BCUT2D eigenvalue weighted by Crippen LogP contribution is 2.44. The van der Waals surface area contributed by atoms with Crippen LogP contribution in [0.3, 0.4) is 0 Å². The Balaban J connectivity index is 2.13. The van der Waals surface area contributed by atoms with Gasteiger partial charge in [-0.25, -0.2) is 4.39 Å². The summed E-state index contributed by atoms with van der Waals surface area (Å²) in [6, 6.07) is 3.91. The van der Waals surface area contributed by atoms with Crippen LogP contribution >= 0.6 is 0 Å². The molecule has 0 aromatic heterocycles. The van der Waals surface area contributed by atoms with Crippen LogP contribution in [0.25, 0.3) is 0 Å². The number of fused-ring (bicyclic) bond motifs is 3. The molecular weight excluding hydrogens is 203 g/mol. The largest absolute Gasteiger partial charge is 0.370 e. The molecular formula is C13H17FN2. The molecule has 2 aliphatic rings. The second-order valence-electron chi connectivity index (χ2n) is 4.94. The summed E-state index contributed by atoms with van der Waals surface area (Å²) in [7, 11) is 2.14. The summed E-state index contributed by atoms with van der Waals surface area (Å²) in [5.41, 5.74) is 3.50. The number of benzene rings is 1. The van der Waals surface area contributed by atoms with Gasteiger partial charge in [-0.3, -0.25) is 0 Å². The summed E-state index contributed by atoms with van der Waals surface area (Å²) in [5.74, 6) is 0.360. The number of hydrogen-bond acceptors (Lipinski definition) is 2. The third-order valence-electron chi connectivity index (χ3n) is 3.99. The van der Waals surface area contributed by atoms with Crippen LogP contribution in [0.5, 0.6) is 0 Å². The van der Waals surface area contributed by atoms with Crippen LogP contribution in [-0.2, 0) is 0 Å². The highest BCUT2D eigenvalue weighted by molar-refractivity contribution is 5.66. The minimum Gasteiger partial charge on any atom is -0.370 e. The van der Waals surface area contributed by atoms with Crippen LogP contribution in [-0.4, -0.2) is 26.2 Å². The first kappa shape index (κ1) is 10.1. The maximum absolute atomic E-state index is 13.5. The molecule has 0 spiro atoms. The van der Waals surface area contributed by atoms with Crippen molar-refractivity contribution in [3.05, 3.63) is 29.1 Å². The Kier molecular flexibility index (Phi) is 2.18. The maximum atomic E-state index is 13.5. The predicted octanol–water partition coefficient (Wildman–Crippen LogP) is 2.03. The van der Waals surface area contributed by atoms with E-state index in [1.165, 1.54) is 11.3 Å². The van der Waals surface area contributed by atoms with Crippen molar-refractivity contribution in [1.29, 1.82) is 0 Å². The third kappa shape index (κ3) is 1.27. The summed E-state index contributed by atoms with van der Waals surface area (Å²) in [4.78, 5) is 2.34. The summed E-state index contributed by atoms with van der Waals surface area (Å²) >= 11 is 0. The average molecular weight is 220 g/mol. The van der Waals surface area contributed by atoms with E-state index in [0.29, 0.717) is 12.0 Å². The van der Waals surface area contributed by atoms with Crippen LogP contribution in [0.4, 0.5) is 10.1 Å². The zero-order valence-electron chi connectivity index (χ0n) is 9.76. The number of halogens is 1. The Morgan fingerprint density at radius 3 is 3.06 bits per heavy atom. The van der Waals surface area contributed by atoms with Crippen LogP contribution in [0.15, 0.2) is 12.1 Å². The van der Waals surface area contributed by atoms with Gasteiger partial charge in [0, 0.05) is 31.2 Å². The van der Waals surface area contributed by atoms with E-state index >= 15 is 0 Å². The van der Waals surface area contributed by atoms with E-state index in [0.717, 1.165) is 25.1 Å². The monoisotopic (exact) mass is 220 g/mol. The van der Waals surface area contributed by atoms with E-state index in [2.05, 4.69) is 17.3 Å². The summed E-state index contributed by atoms with van der Waals surface area (Å²) < 4.78 is 13.5. The first-order valence-electron chi connectivity index (χ1n) is 5.92. The fourth-order valence-corrected chi connectivity index (χ4v) is 3.32. The Morgan fingerprint density at radius 1 is 1.44 bits per heavy atom. The zero-order chi connectivity index (χ0) is 11.3. The van der Waals surface area contributed by atoms with Gasteiger partial charge in [0.25, 0.3) is 0 Å². The molecule has 2 aliphatic heterocycles. The fourth-order valence-electron chi connectivity index (χ4n) is 3.32. The highest BCUT2D eigenvalue weighted by atomic mass is 19.1. The topological polar surface area (TPSA) is 15.3 Å². The molecule has 1 saturated heterocycles. The summed E-state index contributed by atoms with van der Waals surface area (Å²) in [6.45, 7) is 4.05. The van der Waals surface area contributed by atoms with Crippen molar-refractivity contribution >= 4 is 5.69 Å². The highest BCUT2D eigenvalue weighted by Gasteiger charge is 2.38. The third-order valence-corrected chi connectivity index (χ3v) is 3.99. The molecule has 0 bridgehead atoms. The zero-order valence-corrected chi connectivity index (χ0v) is 9.76. The summed E-state index contributed by atoms with van der Waals surface area (Å²) in [5, 5.41) is 3.41. The Morgan fingerprint density at radius 2 is 2.25 bits per heavy atom. The van der Waals surface area contributed by atoms with E-state index in [1.54, 1.807) is 12.1 Å². The Hall–Kier alpha value is -1.09. The van der Waals surface area contributed by atoms with Crippen LogP contribution in [0.2, 0.25) is 0 Å². The molecule has 1 aromatic rings. The Bertz CT molecular complexity index is 430. The van der Waals surface area contributed by atoms with Gasteiger partial charge >= 0.3 is 0 Å². The molecule has 0 saturated carbocycles. The molecule has 0 amide bonds. The Labute approximate surface area is 95.4 Å². The minimum absolute atomic E-state index is 0.101. The van der Waals surface area contributed by atoms with E-state index in [-0.39, 0.29) is 5.82 Å². The van der Waals surface area contributed by atoms with Crippen LogP contribution in [0, 0.1) is 12.7 Å². The van der Waals surface area contributed by atoms with Gasteiger partial charge in [0.15, 0.2) is 0 Å². The van der Waals surface area contributed by atoms with Crippen molar-refractivity contribution in [3.63, 3.8) is 0 Å². The number of hydrogen-bond donors (Lipinski definition) is 1. The molecule has 2 heterocycles. The lowest BCUT2D eigenvalue weighted by Gasteiger charge is -2.31. The SMILES string of the molecule is Cc1cc(F)cc2c1N(C)C1CCNCC21. The number of nitrogens with zero attached hydrogens (tertiary/aromatic N) is 1. The van der Waals surface area contributed by atoms with Crippen molar-refractivity contribution < 1.29 is 4.39 Å². The first-order chi connectivity index (χ1) is 7.68. The van der Waals surface area contributed by atoms with Gasteiger partial charge in [-0.15, -0.1) is 0 Å². The van der Waals surface area contributed by atoms with Crippen LogP contribution in [0.1, 0.15) is 23.5 Å². The smallest absolute Gasteiger partial charge is 0.123 e. The molecule has 1 aromatic carbocycles. The van der Waals surface area contributed by atoms with Gasteiger partial charge in [-0.2, -0.15) is 0 Å². The molecule has 2 atom stereocenters. The van der Waals surface area contributed by atoms with Gasteiger partial charge in [-0.05, 0) is 43.1 Å². The van der Waals surface area contributed by atoms with Crippen molar-refractivity contribution in [3.8, 4) is 0 Å². The van der Waals surface area contributed by atoms with Crippen molar-refractivity contribution in [1.82, 2.24) is 5.32 Å². The van der Waals surface area contributed by atoms with E-state index in [1.807, 2.05) is 6.92 Å². The van der Waals surface area contributed by atoms with Gasteiger partial charge in [0.05, 0.1) is 0 Å². The molecule has 0 aliphatic carbocycles. The number of anilines is 1. The van der Waals surface area contributed by atoms with E-state index < -0.39 is 0 Å². The number of aryl methyl sites for hydroxylation is 1. The van der Waals surface area contributed by atoms with Gasteiger partial charge < -0.3 is 10.2 Å². The number of nitrogens with one attached hydrogen (secondary N) is 1. The lowest BCUT2D eigenvalue weighted by atomic mass is 9.90. The lowest BCUT2D eigenvalue weighted by molar-refractivity contribution is 0.412. The molecule has 2 unspecified atom stereocenters. The number of piperidine rings is 1. The van der Waals surface area contributed by atoms with Crippen molar-refractivity contribution in [2.24, 2.45) is 0 Å². The molecule has 3 rings (SSSR count). The number of likely N-dealkylation sites (N-methyl/N-ethyl adjacent to an activating group) is 1. The normalized spacial score (nSPS) is 27.8. The van der Waals surface area contributed by atoms with E-state index in [9.17, 15) is 4.39 Å². The minimum atomic E-state index is -0.101. The quantitative estimate of drug-likeness (QED) is 0.719. The van der Waals surface area contributed by atoms with E-state index in [4.69, 9.17) is 0 Å². The fraction of sp³-hybridized carbons (Fsp3) is 0.538. The van der Waals surface area contributed by atoms with Gasteiger partial charge in [0.2, 0.25) is 0 Å². The first-order valence-corrected chi connectivity index (χ1v) is 5.92. The second kappa shape index (κ2) is 3.45. The second-order valence-corrected chi connectivity index (χ2v) is 4.94. The van der Waals surface area contributed by atoms with Crippen LogP contribution < -0.4 is 10.2 Å². The van der Waals surface area contributed by atoms with Crippen molar-refractivity contribution in [2.75, 3.05) is 25.0 Å². The molecule has 86 valence electrons. The molecule has 16 heavy (non-hydrogen) atoms. The molecule has 2 nitrogen and oxygen atoms in total. The standard InChI is InChI=1S/C13H17FN2/c1-8-5-9(14)6-10-11-7-15-4-3-12(11)16(2)13(8)10/h5-6,11-12,15H,3-4,7H2,1-2H3.